The third kappa shape index (κ3) is 4.00. The maximum absolute atomic E-state index is 11.3. The van der Waals surface area contributed by atoms with Gasteiger partial charge in [0.15, 0.2) is 6.61 Å². The lowest BCUT2D eigenvalue weighted by atomic mass is 10.3. The average molecular weight is 249 g/mol. The van der Waals surface area contributed by atoms with E-state index in [2.05, 4.69) is 10.3 Å². The van der Waals surface area contributed by atoms with Crippen molar-refractivity contribution in [2.45, 2.75) is 25.4 Å². The van der Waals surface area contributed by atoms with Gasteiger partial charge in [-0.2, -0.15) is 0 Å². The molecule has 98 valence electrons. The number of nitrogens with zero attached hydrogens (tertiary/aromatic N) is 2. The van der Waals surface area contributed by atoms with E-state index in [0.29, 0.717) is 11.8 Å². The van der Waals surface area contributed by atoms with Crippen LogP contribution in [0.4, 0.5) is 0 Å². The largest absolute Gasteiger partial charge is 0.482 e. The molecule has 0 saturated heterocycles. The first-order valence-corrected chi connectivity index (χ1v) is 6.16. The van der Waals surface area contributed by atoms with Crippen molar-refractivity contribution in [1.29, 1.82) is 0 Å². The van der Waals surface area contributed by atoms with Crippen molar-refractivity contribution in [2.24, 2.45) is 0 Å². The van der Waals surface area contributed by atoms with Crippen LogP contribution in [0, 0.1) is 0 Å². The molecule has 1 aromatic heterocycles. The van der Waals surface area contributed by atoms with Gasteiger partial charge in [0.2, 0.25) is 0 Å². The number of rotatable bonds is 6. The highest BCUT2D eigenvalue weighted by molar-refractivity contribution is 5.77. The first-order chi connectivity index (χ1) is 8.65. The minimum Gasteiger partial charge on any atom is -0.482 e. The highest BCUT2D eigenvalue weighted by Crippen LogP contribution is 2.19. The van der Waals surface area contributed by atoms with Crippen LogP contribution in [0.25, 0.3) is 0 Å². The Kier molecular flexibility index (Phi) is 4.15. The fourth-order valence-electron chi connectivity index (χ4n) is 1.41. The van der Waals surface area contributed by atoms with Crippen LogP contribution in [0.3, 0.4) is 0 Å². The highest BCUT2D eigenvalue weighted by Gasteiger charge is 2.20. The normalized spacial score (nSPS) is 14.3. The lowest BCUT2D eigenvalue weighted by molar-refractivity contribution is -0.130. The van der Waals surface area contributed by atoms with E-state index in [1.807, 2.05) is 12.1 Å². The highest BCUT2D eigenvalue weighted by atomic mass is 16.5. The van der Waals surface area contributed by atoms with Crippen LogP contribution in [0.5, 0.6) is 5.75 Å². The van der Waals surface area contributed by atoms with Crippen molar-refractivity contribution in [2.75, 3.05) is 20.7 Å². The topological polar surface area (TPSA) is 54.5 Å². The quantitative estimate of drug-likeness (QED) is 0.810. The van der Waals surface area contributed by atoms with Gasteiger partial charge in [-0.05, 0) is 25.0 Å². The number of likely N-dealkylation sites (N-methyl/N-ethyl adjacent to an activating group) is 1. The molecule has 1 heterocycles. The molecule has 0 aliphatic heterocycles. The minimum absolute atomic E-state index is 0.0500. The number of amides is 1. The molecule has 1 aliphatic rings. The van der Waals surface area contributed by atoms with Crippen molar-refractivity contribution in [3.05, 3.63) is 24.0 Å². The second kappa shape index (κ2) is 5.82. The van der Waals surface area contributed by atoms with Gasteiger partial charge in [0, 0.05) is 26.7 Å². The van der Waals surface area contributed by atoms with E-state index >= 15 is 0 Å². The summed E-state index contributed by atoms with van der Waals surface area (Å²) in [5.41, 5.74) is 0.994. The molecule has 1 aliphatic carbocycles. The summed E-state index contributed by atoms with van der Waals surface area (Å²) in [7, 11) is 3.41. The molecule has 1 N–H and O–H groups in total. The molecule has 0 spiro atoms. The predicted molar refractivity (Wildman–Crippen MR) is 68.3 cm³/mol. The Labute approximate surface area is 107 Å². The van der Waals surface area contributed by atoms with Crippen molar-refractivity contribution >= 4 is 5.91 Å². The lowest BCUT2D eigenvalue weighted by Gasteiger charge is -2.11. The Morgan fingerprint density at radius 2 is 2.28 bits per heavy atom. The van der Waals surface area contributed by atoms with Gasteiger partial charge < -0.3 is 15.0 Å². The van der Waals surface area contributed by atoms with Gasteiger partial charge in [0.05, 0.1) is 11.9 Å². The zero-order valence-corrected chi connectivity index (χ0v) is 10.8. The molecule has 2 rings (SSSR count). The van der Waals surface area contributed by atoms with Crippen molar-refractivity contribution < 1.29 is 9.53 Å². The van der Waals surface area contributed by atoms with Crippen LogP contribution >= 0.6 is 0 Å². The van der Waals surface area contributed by atoms with E-state index in [1.54, 1.807) is 20.3 Å². The van der Waals surface area contributed by atoms with E-state index in [4.69, 9.17) is 4.74 Å². The monoisotopic (exact) mass is 249 g/mol. The molecule has 1 amide bonds. The number of pyridine rings is 1. The Hall–Kier alpha value is -1.62. The molecule has 0 unspecified atom stereocenters. The Bertz CT molecular complexity index is 399. The Morgan fingerprint density at radius 3 is 2.83 bits per heavy atom. The van der Waals surface area contributed by atoms with Crippen molar-refractivity contribution in [1.82, 2.24) is 15.2 Å². The number of carbonyl (C=O) groups excluding carboxylic acids is 1. The zero-order valence-electron chi connectivity index (χ0n) is 10.8. The minimum atomic E-state index is -0.0607. The summed E-state index contributed by atoms with van der Waals surface area (Å²) < 4.78 is 5.35. The standard InChI is InChI=1S/C13H19N3O2/c1-16(2)13(17)9-18-12-6-5-11(15-8-12)7-14-10-3-4-10/h5-6,8,10,14H,3-4,7,9H2,1-2H3. The fourth-order valence-corrected chi connectivity index (χ4v) is 1.41. The molecule has 0 aromatic carbocycles. The summed E-state index contributed by atoms with van der Waals surface area (Å²) >= 11 is 0. The molecule has 1 aromatic rings. The van der Waals surface area contributed by atoms with Crippen LogP contribution in [0.2, 0.25) is 0 Å². The smallest absolute Gasteiger partial charge is 0.259 e. The summed E-state index contributed by atoms with van der Waals surface area (Å²) in [6.07, 6.45) is 4.20. The predicted octanol–water partition coefficient (Wildman–Crippen LogP) is 0.801. The molecule has 1 saturated carbocycles. The van der Waals surface area contributed by atoms with Crippen LogP contribution in [0.15, 0.2) is 18.3 Å². The van der Waals surface area contributed by atoms with E-state index in [1.165, 1.54) is 17.7 Å². The maximum Gasteiger partial charge on any atom is 0.259 e. The number of ether oxygens (including phenoxy) is 1. The number of carbonyl (C=O) groups is 1. The number of hydrogen-bond donors (Lipinski definition) is 1. The Balaban J connectivity index is 1.77. The maximum atomic E-state index is 11.3. The van der Waals surface area contributed by atoms with E-state index in [0.717, 1.165) is 12.2 Å². The number of hydrogen-bond acceptors (Lipinski definition) is 4. The van der Waals surface area contributed by atoms with Gasteiger partial charge >= 0.3 is 0 Å². The molecular weight excluding hydrogens is 230 g/mol. The first kappa shape index (κ1) is 12.8. The second-order valence-corrected chi connectivity index (χ2v) is 4.72. The molecule has 1 fully saturated rings. The molecule has 5 heteroatoms. The molecule has 18 heavy (non-hydrogen) atoms. The molecule has 5 nitrogen and oxygen atoms in total. The Morgan fingerprint density at radius 1 is 1.50 bits per heavy atom. The molecule has 0 atom stereocenters. The summed E-state index contributed by atoms with van der Waals surface area (Å²) in [5, 5.41) is 3.39. The third-order valence-corrected chi connectivity index (χ3v) is 2.81. The fraction of sp³-hybridized carbons (Fsp3) is 0.538. The van der Waals surface area contributed by atoms with Gasteiger partial charge in [-0.15, -0.1) is 0 Å². The summed E-state index contributed by atoms with van der Waals surface area (Å²) in [5.74, 6) is 0.565. The van der Waals surface area contributed by atoms with Crippen molar-refractivity contribution in [3.8, 4) is 5.75 Å². The van der Waals surface area contributed by atoms with E-state index in [9.17, 15) is 4.79 Å². The summed E-state index contributed by atoms with van der Waals surface area (Å²) in [4.78, 5) is 17.1. The van der Waals surface area contributed by atoms with E-state index in [-0.39, 0.29) is 12.5 Å². The first-order valence-electron chi connectivity index (χ1n) is 6.16. The lowest BCUT2D eigenvalue weighted by Crippen LogP contribution is -2.27. The van der Waals surface area contributed by atoms with Gasteiger partial charge in [-0.25, -0.2) is 0 Å². The van der Waals surface area contributed by atoms with Crippen molar-refractivity contribution in [3.63, 3.8) is 0 Å². The van der Waals surface area contributed by atoms with Crippen LogP contribution in [-0.2, 0) is 11.3 Å². The molecular formula is C13H19N3O2. The number of nitrogens with one attached hydrogen (secondary N) is 1. The van der Waals surface area contributed by atoms with Crippen LogP contribution < -0.4 is 10.1 Å². The zero-order chi connectivity index (χ0) is 13.0. The third-order valence-electron chi connectivity index (χ3n) is 2.81. The number of aromatic nitrogens is 1. The molecule has 0 bridgehead atoms. The van der Waals surface area contributed by atoms with Crippen LogP contribution in [0.1, 0.15) is 18.5 Å². The summed E-state index contributed by atoms with van der Waals surface area (Å²) in [6, 6.07) is 4.45. The van der Waals surface area contributed by atoms with Gasteiger partial charge in [-0.1, -0.05) is 0 Å². The van der Waals surface area contributed by atoms with Gasteiger partial charge in [-0.3, -0.25) is 9.78 Å². The van der Waals surface area contributed by atoms with Gasteiger partial charge in [0.1, 0.15) is 5.75 Å². The van der Waals surface area contributed by atoms with Crippen LogP contribution in [-0.4, -0.2) is 42.5 Å². The summed E-state index contributed by atoms with van der Waals surface area (Å²) in [6.45, 7) is 0.843. The average Bonchev–Trinajstić information content (AvgIpc) is 3.18. The second-order valence-electron chi connectivity index (χ2n) is 4.72. The van der Waals surface area contributed by atoms with Gasteiger partial charge in [0.25, 0.3) is 5.91 Å². The molecule has 0 radical (unpaired) electrons. The van der Waals surface area contributed by atoms with E-state index < -0.39 is 0 Å². The SMILES string of the molecule is CN(C)C(=O)COc1ccc(CNC2CC2)nc1.